The number of carbonyl (C=O) groups excluding carboxylic acids is 2. The van der Waals surface area contributed by atoms with E-state index in [2.05, 4.69) is 20.9 Å². The third-order valence-corrected chi connectivity index (χ3v) is 6.97. The Labute approximate surface area is 232 Å². The first kappa shape index (κ1) is 27.0. The summed E-state index contributed by atoms with van der Waals surface area (Å²) >= 11 is 0. The molecule has 5 rings (SSSR count). The molecular formula is C31H32FN5O3. The number of aliphatic hydroxyl groups is 1. The van der Waals surface area contributed by atoms with Crippen molar-refractivity contribution in [2.45, 2.75) is 32.8 Å². The molecule has 1 saturated heterocycles. The van der Waals surface area contributed by atoms with Crippen molar-refractivity contribution in [2.24, 2.45) is 0 Å². The molecule has 0 unspecified atom stereocenters. The number of anilines is 5. The number of hydrogen-bond acceptors (Lipinski definition) is 5. The Hall–Kier alpha value is -4.63. The van der Waals surface area contributed by atoms with Gasteiger partial charge in [0.1, 0.15) is 5.82 Å². The summed E-state index contributed by atoms with van der Waals surface area (Å²) in [6.45, 7) is 5.33. The largest absolute Gasteiger partial charge is 0.393 e. The van der Waals surface area contributed by atoms with Crippen LogP contribution in [0.15, 0.2) is 79.0 Å². The van der Waals surface area contributed by atoms with E-state index in [0.717, 1.165) is 42.9 Å². The molecule has 0 atom stereocenters. The van der Waals surface area contributed by atoms with Crippen LogP contribution in [0.2, 0.25) is 0 Å². The summed E-state index contributed by atoms with van der Waals surface area (Å²) in [5.74, 6) is -0.741. The smallest absolute Gasteiger partial charge is 0.330 e. The number of benzene rings is 3. The van der Waals surface area contributed by atoms with Crippen LogP contribution in [0.4, 0.5) is 37.6 Å². The number of nitrogens with one attached hydrogen (secondary N) is 3. The Morgan fingerprint density at radius 3 is 2.12 bits per heavy atom. The van der Waals surface area contributed by atoms with Gasteiger partial charge in [0, 0.05) is 53.3 Å². The highest BCUT2D eigenvalue weighted by molar-refractivity contribution is 6.04. The van der Waals surface area contributed by atoms with Crippen molar-refractivity contribution in [3.05, 3.63) is 102 Å². The molecule has 9 heteroatoms. The van der Waals surface area contributed by atoms with E-state index in [1.807, 2.05) is 32.0 Å². The Morgan fingerprint density at radius 1 is 0.850 bits per heavy atom. The maximum absolute atomic E-state index is 14.8. The second-order valence-corrected chi connectivity index (χ2v) is 10.1. The molecule has 4 aromatic rings. The van der Waals surface area contributed by atoms with Crippen LogP contribution >= 0.6 is 0 Å². The molecule has 2 heterocycles. The molecule has 0 bridgehead atoms. The number of carbonyl (C=O) groups is 2. The average molecular weight is 542 g/mol. The van der Waals surface area contributed by atoms with E-state index >= 15 is 0 Å². The lowest BCUT2D eigenvalue weighted by atomic mass is 10.1. The molecule has 4 N–H and O–H groups in total. The van der Waals surface area contributed by atoms with Gasteiger partial charge >= 0.3 is 6.03 Å². The van der Waals surface area contributed by atoms with E-state index in [-0.39, 0.29) is 23.7 Å². The second-order valence-electron chi connectivity index (χ2n) is 10.1. The monoisotopic (exact) mass is 541 g/mol. The number of aliphatic hydroxyl groups excluding tert-OH is 1. The van der Waals surface area contributed by atoms with Gasteiger partial charge in [-0.3, -0.25) is 9.36 Å². The number of halogens is 1. The van der Waals surface area contributed by atoms with Gasteiger partial charge in [0.15, 0.2) is 0 Å². The number of amides is 2. The van der Waals surface area contributed by atoms with Crippen LogP contribution in [0.3, 0.4) is 0 Å². The Balaban J connectivity index is 1.16. The predicted molar refractivity (Wildman–Crippen MR) is 156 cm³/mol. The summed E-state index contributed by atoms with van der Waals surface area (Å²) in [4.78, 5) is 27.4. The fraction of sp³-hybridized carbons (Fsp3) is 0.226. The molecule has 2 amide bonds. The van der Waals surface area contributed by atoms with Crippen molar-refractivity contribution in [2.75, 3.05) is 33.9 Å². The number of aryl methyl sites for hydroxylation is 2. The summed E-state index contributed by atoms with van der Waals surface area (Å²) < 4.78 is 16.3. The molecule has 0 spiro atoms. The van der Waals surface area contributed by atoms with Crippen molar-refractivity contribution in [3.8, 4) is 0 Å². The molecule has 1 aliphatic rings. The quantitative estimate of drug-likeness (QED) is 0.230. The Morgan fingerprint density at radius 2 is 1.50 bits per heavy atom. The van der Waals surface area contributed by atoms with E-state index in [1.54, 1.807) is 54.7 Å². The molecule has 1 fully saturated rings. The number of hydrogen-bond donors (Lipinski definition) is 4. The second kappa shape index (κ2) is 11.6. The molecular weight excluding hydrogens is 509 g/mol. The summed E-state index contributed by atoms with van der Waals surface area (Å²) in [5.41, 5.74) is 5.19. The van der Waals surface area contributed by atoms with Gasteiger partial charge in [-0.2, -0.15) is 0 Å². The molecule has 1 aliphatic heterocycles. The van der Waals surface area contributed by atoms with Crippen LogP contribution in [0.25, 0.3) is 0 Å². The van der Waals surface area contributed by atoms with E-state index in [0.29, 0.717) is 22.6 Å². The van der Waals surface area contributed by atoms with Crippen molar-refractivity contribution < 1.29 is 19.1 Å². The van der Waals surface area contributed by atoms with Gasteiger partial charge in [0.2, 0.25) is 0 Å². The summed E-state index contributed by atoms with van der Waals surface area (Å²) in [5, 5.41) is 18.3. The van der Waals surface area contributed by atoms with Crippen molar-refractivity contribution in [3.63, 3.8) is 0 Å². The lowest BCUT2D eigenvalue weighted by Gasteiger charge is -2.31. The number of nitrogens with zero attached hydrogens (tertiary/aromatic N) is 2. The first-order chi connectivity index (χ1) is 19.2. The highest BCUT2D eigenvalue weighted by Crippen LogP contribution is 2.25. The highest BCUT2D eigenvalue weighted by atomic mass is 19.1. The molecule has 3 aromatic carbocycles. The summed E-state index contributed by atoms with van der Waals surface area (Å²) in [6, 6.07) is 20.4. The SMILES string of the molecule is Cc1cc(C)n(C(=O)Nc2ccc(Nc3ccc(NC(=O)c4ccc(N5CCC(O)CC5)cc4)cc3)c(F)c2)c1. The molecule has 40 heavy (non-hydrogen) atoms. The third-order valence-electron chi connectivity index (χ3n) is 6.97. The van der Waals surface area contributed by atoms with Crippen LogP contribution < -0.4 is 20.9 Å². The highest BCUT2D eigenvalue weighted by Gasteiger charge is 2.17. The Kier molecular flexibility index (Phi) is 7.84. The van der Waals surface area contributed by atoms with Gasteiger partial charge in [0.05, 0.1) is 11.8 Å². The number of piperidine rings is 1. The maximum Gasteiger partial charge on any atom is 0.330 e. The van der Waals surface area contributed by atoms with Crippen molar-refractivity contribution in [1.29, 1.82) is 0 Å². The topological polar surface area (TPSA) is 98.6 Å². The average Bonchev–Trinajstić information content (AvgIpc) is 3.29. The van der Waals surface area contributed by atoms with Crippen molar-refractivity contribution >= 4 is 40.4 Å². The fourth-order valence-corrected chi connectivity index (χ4v) is 4.78. The fourth-order valence-electron chi connectivity index (χ4n) is 4.78. The van der Waals surface area contributed by atoms with Crippen LogP contribution in [0, 0.1) is 19.7 Å². The van der Waals surface area contributed by atoms with E-state index < -0.39 is 5.82 Å². The molecule has 0 radical (unpaired) electrons. The van der Waals surface area contributed by atoms with E-state index in [1.165, 1.54) is 10.6 Å². The van der Waals surface area contributed by atoms with Gasteiger partial charge in [-0.25, -0.2) is 9.18 Å². The maximum atomic E-state index is 14.8. The predicted octanol–water partition coefficient (Wildman–Crippen LogP) is 6.28. The molecule has 0 saturated carbocycles. The zero-order valence-electron chi connectivity index (χ0n) is 22.4. The van der Waals surface area contributed by atoms with E-state index in [4.69, 9.17) is 0 Å². The molecule has 8 nitrogen and oxygen atoms in total. The minimum Gasteiger partial charge on any atom is -0.393 e. The number of rotatable bonds is 6. The van der Waals surface area contributed by atoms with Gasteiger partial charge < -0.3 is 26.0 Å². The molecule has 206 valence electrons. The minimum absolute atomic E-state index is 0.227. The first-order valence-electron chi connectivity index (χ1n) is 13.2. The standard InChI is InChI=1S/C31H32FN5O3/c1-20-17-21(2)37(19-20)31(40)35-25-9-12-29(28(32)18-25)33-23-5-7-24(8-6-23)34-30(39)22-3-10-26(11-4-22)36-15-13-27(38)14-16-36/h3-12,17-19,27,33,38H,13-16H2,1-2H3,(H,34,39)(H,35,40). The van der Waals surface area contributed by atoms with Crippen LogP contribution in [0.5, 0.6) is 0 Å². The Bertz CT molecular complexity index is 1510. The molecule has 1 aromatic heterocycles. The zero-order valence-corrected chi connectivity index (χ0v) is 22.4. The lowest BCUT2D eigenvalue weighted by molar-refractivity contribution is 0.102. The van der Waals surface area contributed by atoms with Crippen molar-refractivity contribution in [1.82, 2.24) is 4.57 Å². The molecule has 0 aliphatic carbocycles. The third kappa shape index (κ3) is 6.32. The van der Waals surface area contributed by atoms with Gasteiger partial charge in [0.25, 0.3) is 5.91 Å². The number of aromatic nitrogens is 1. The first-order valence-corrected chi connectivity index (χ1v) is 13.2. The van der Waals surface area contributed by atoms with Gasteiger partial charge in [-0.1, -0.05) is 0 Å². The summed E-state index contributed by atoms with van der Waals surface area (Å²) in [6.07, 6.45) is 2.99. The van der Waals surface area contributed by atoms with Gasteiger partial charge in [-0.15, -0.1) is 0 Å². The van der Waals surface area contributed by atoms with Crippen LogP contribution in [-0.4, -0.2) is 40.8 Å². The minimum atomic E-state index is -0.514. The van der Waals surface area contributed by atoms with Crippen LogP contribution in [0.1, 0.15) is 34.5 Å². The van der Waals surface area contributed by atoms with Crippen LogP contribution in [-0.2, 0) is 0 Å². The zero-order chi connectivity index (χ0) is 28.2. The van der Waals surface area contributed by atoms with E-state index in [9.17, 15) is 19.1 Å². The van der Waals surface area contributed by atoms with Gasteiger partial charge in [-0.05, 0) is 105 Å². The lowest BCUT2D eigenvalue weighted by Crippen LogP contribution is -2.35. The normalized spacial score (nSPS) is 13.7. The summed E-state index contributed by atoms with van der Waals surface area (Å²) in [7, 11) is 0.